The SMILES string of the molecule is CNCC(C)Cc1cc2cc(Cl)ccc2o1. The zero-order valence-corrected chi connectivity index (χ0v) is 10.3. The Hall–Kier alpha value is -0.990. The molecule has 1 atom stereocenters. The number of nitrogens with one attached hydrogen (secondary N) is 1. The molecule has 0 spiro atoms. The van der Waals surface area contributed by atoms with Crippen molar-refractivity contribution in [1.82, 2.24) is 5.32 Å². The lowest BCUT2D eigenvalue weighted by molar-refractivity contribution is 0.466. The third-order valence-electron chi connectivity index (χ3n) is 2.63. The molecule has 1 N–H and O–H groups in total. The van der Waals surface area contributed by atoms with Gasteiger partial charge in [0.1, 0.15) is 11.3 Å². The third kappa shape index (κ3) is 2.57. The van der Waals surface area contributed by atoms with Crippen molar-refractivity contribution in [1.29, 1.82) is 0 Å². The summed E-state index contributed by atoms with van der Waals surface area (Å²) in [7, 11) is 1.97. The Morgan fingerprint density at radius 3 is 2.94 bits per heavy atom. The number of rotatable bonds is 4. The zero-order valence-electron chi connectivity index (χ0n) is 9.59. The summed E-state index contributed by atoms with van der Waals surface area (Å²) in [5, 5.41) is 5.00. The van der Waals surface area contributed by atoms with E-state index in [1.54, 1.807) is 0 Å². The molecule has 16 heavy (non-hydrogen) atoms. The fourth-order valence-electron chi connectivity index (χ4n) is 1.93. The lowest BCUT2D eigenvalue weighted by Gasteiger charge is -2.07. The van der Waals surface area contributed by atoms with Gasteiger partial charge in [0.15, 0.2) is 0 Å². The van der Waals surface area contributed by atoms with Crippen molar-refractivity contribution < 1.29 is 4.42 Å². The van der Waals surface area contributed by atoms with Gasteiger partial charge in [-0.1, -0.05) is 18.5 Å². The molecular formula is C13H16ClNO. The van der Waals surface area contributed by atoms with Gasteiger partial charge in [0, 0.05) is 16.8 Å². The maximum absolute atomic E-state index is 5.93. The molecule has 0 bridgehead atoms. The van der Waals surface area contributed by atoms with Crippen molar-refractivity contribution in [2.75, 3.05) is 13.6 Å². The average molecular weight is 238 g/mol. The van der Waals surface area contributed by atoms with Crippen LogP contribution in [0, 0.1) is 5.92 Å². The Morgan fingerprint density at radius 2 is 2.19 bits per heavy atom. The van der Waals surface area contributed by atoms with Gasteiger partial charge >= 0.3 is 0 Å². The fraction of sp³-hybridized carbons (Fsp3) is 0.385. The number of hydrogen-bond donors (Lipinski definition) is 1. The van der Waals surface area contributed by atoms with Crippen LogP contribution in [0.15, 0.2) is 28.7 Å². The molecule has 2 aromatic rings. The van der Waals surface area contributed by atoms with E-state index >= 15 is 0 Å². The molecule has 0 aliphatic rings. The first-order valence-corrected chi connectivity index (χ1v) is 5.89. The van der Waals surface area contributed by atoms with Gasteiger partial charge in [-0.25, -0.2) is 0 Å². The first kappa shape index (κ1) is 11.5. The van der Waals surface area contributed by atoms with Gasteiger partial charge in [0.05, 0.1) is 0 Å². The quantitative estimate of drug-likeness (QED) is 0.881. The van der Waals surface area contributed by atoms with Gasteiger partial charge in [-0.2, -0.15) is 0 Å². The van der Waals surface area contributed by atoms with Crippen LogP contribution in [0.2, 0.25) is 5.02 Å². The molecule has 1 heterocycles. The minimum absolute atomic E-state index is 0.570. The van der Waals surface area contributed by atoms with Crippen LogP contribution in [0.5, 0.6) is 0 Å². The summed E-state index contributed by atoms with van der Waals surface area (Å²) in [6, 6.07) is 7.79. The summed E-state index contributed by atoms with van der Waals surface area (Å²) in [6.07, 6.45) is 0.952. The van der Waals surface area contributed by atoms with Crippen molar-refractivity contribution in [2.45, 2.75) is 13.3 Å². The number of benzene rings is 1. The molecule has 0 aliphatic carbocycles. The predicted molar refractivity (Wildman–Crippen MR) is 68.0 cm³/mol. The number of halogens is 1. The summed E-state index contributed by atoms with van der Waals surface area (Å²) in [6.45, 7) is 3.20. The van der Waals surface area contributed by atoms with Gasteiger partial charge < -0.3 is 9.73 Å². The topological polar surface area (TPSA) is 25.2 Å². The van der Waals surface area contributed by atoms with Crippen molar-refractivity contribution in [3.63, 3.8) is 0 Å². The summed E-state index contributed by atoms with van der Waals surface area (Å²) in [5.74, 6) is 1.60. The first-order chi connectivity index (χ1) is 7.69. The highest BCUT2D eigenvalue weighted by Crippen LogP contribution is 2.24. The Balaban J connectivity index is 2.19. The van der Waals surface area contributed by atoms with E-state index in [4.69, 9.17) is 16.0 Å². The van der Waals surface area contributed by atoms with Gasteiger partial charge in [-0.05, 0) is 43.8 Å². The normalized spacial score (nSPS) is 13.2. The maximum Gasteiger partial charge on any atom is 0.134 e. The molecule has 0 saturated heterocycles. The molecule has 0 saturated carbocycles. The summed E-state index contributed by atoms with van der Waals surface area (Å²) < 4.78 is 5.75. The molecule has 86 valence electrons. The molecule has 0 amide bonds. The minimum Gasteiger partial charge on any atom is -0.461 e. The second-order valence-electron chi connectivity index (χ2n) is 4.26. The van der Waals surface area contributed by atoms with E-state index in [1.165, 1.54) is 0 Å². The van der Waals surface area contributed by atoms with Crippen LogP contribution >= 0.6 is 11.6 Å². The Labute approximate surface area is 101 Å². The molecule has 2 nitrogen and oxygen atoms in total. The van der Waals surface area contributed by atoms with Gasteiger partial charge in [0.25, 0.3) is 0 Å². The second-order valence-corrected chi connectivity index (χ2v) is 4.70. The van der Waals surface area contributed by atoms with E-state index in [2.05, 4.69) is 18.3 Å². The molecule has 2 rings (SSSR count). The summed E-state index contributed by atoms with van der Waals surface area (Å²) in [5.41, 5.74) is 0.913. The molecule has 1 aromatic heterocycles. The van der Waals surface area contributed by atoms with Crippen molar-refractivity contribution in [2.24, 2.45) is 5.92 Å². The molecule has 1 aromatic carbocycles. The molecule has 0 aliphatic heterocycles. The van der Waals surface area contributed by atoms with Crippen LogP contribution in [0.1, 0.15) is 12.7 Å². The predicted octanol–water partition coefficient (Wildman–Crippen LogP) is 3.48. The summed E-state index contributed by atoms with van der Waals surface area (Å²) >= 11 is 5.93. The highest BCUT2D eigenvalue weighted by atomic mass is 35.5. The molecule has 0 fully saturated rings. The molecule has 1 unspecified atom stereocenters. The van der Waals surface area contributed by atoms with Gasteiger partial charge in [-0.15, -0.1) is 0 Å². The van der Waals surface area contributed by atoms with Gasteiger partial charge in [0.2, 0.25) is 0 Å². The van der Waals surface area contributed by atoms with Crippen LogP contribution < -0.4 is 5.32 Å². The van der Waals surface area contributed by atoms with E-state index in [9.17, 15) is 0 Å². The second kappa shape index (κ2) is 4.89. The fourth-order valence-corrected chi connectivity index (χ4v) is 2.11. The van der Waals surface area contributed by atoms with Crippen LogP contribution in [0.25, 0.3) is 11.0 Å². The van der Waals surface area contributed by atoms with Crippen molar-refractivity contribution in [3.8, 4) is 0 Å². The lowest BCUT2D eigenvalue weighted by Crippen LogP contribution is -2.17. The van der Waals surface area contributed by atoms with E-state index < -0.39 is 0 Å². The monoisotopic (exact) mass is 237 g/mol. The highest BCUT2D eigenvalue weighted by molar-refractivity contribution is 6.31. The van der Waals surface area contributed by atoms with Crippen molar-refractivity contribution in [3.05, 3.63) is 35.0 Å². The summed E-state index contributed by atoms with van der Waals surface area (Å²) in [4.78, 5) is 0. The number of furan rings is 1. The average Bonchev–Trinajstić information content (AvgIpc) is 2.59. The van der Waals surface area contributed by atoms with Crippen LogP contribution in [0.4, 0.5) is 0 Å². The van der Waals surface area contributed by atoms with E-state index in [1.807, 2.05) is 25.2 Å². The maximum atomic E-state index is 5.93. The van der Waals surface area contributed by atoms with E-state index in [0.29, 0.717) is 5.92 Å². The Bertz CT molecular complexity index is 478. The molecule has 3 heteroatoms. The Kier molecular flexibility index (Phi) is 3.52. The Morgan fingerprint density at radius 1 is 1.38 bits per heavy atom. The highest BCUT2D eigenvalue weighted by Gasteiger charge is 2.08. The minimum atomic E-state index is 0.570. The number of fused-ring (bicyclic) bond motifs is 1. The van der Waals surface area contributed by atoms with Crippen LogP contribution in [-0.2, 0) is 6.42 Å². The zero-order chi connectivity index (χ0) is 11.5. The van der Waals surface area contributed by atoms with Crippen molar-refractivity contribution >= 4 is 22.6 Å². The number of hydrogen-bond acceptors (Lipinski definition) is 2. The van der Waals surface area contributed by atoms with Gasteiger partial charge in [-0.3, -0.25) is 0 Å². The smallest absolute Gasteiger partial charge is 0.134 e. The van der Waals surface area contributed by atoms with Crippen LogP contribution in [-0.4, -0.2) is 13.6 Å². The van der Waals surface area contributed by atoms with Crippen LogP contribution in [0.3, 0.4) is 0 Å². The third-order valence-corrected chi connectivity index (χ3v) is 2.87. The molecular weight excluding hydrogens is 222 g/mol. The lowest BCUT2D eigenvalue weighted by atomic mass is 10.1. The largest absolute Gasteiger partial charge is 0.461 e. The molecule has 0 radical (unpaired) electrons. The standard InChI is InChI=1S/C13H16ClNO/c1-9(8-15-2)5-12-7-10-6-11(14)3-4-13(10)16-12/h3-4,6-7,9,15H,5,8H2,1-2H3. The van der Waals surface area contributed by atoms with E-state index in [0.717, 1.165) is 34.7 Å². The van der Waals surface area contributed by atoms with E-state index in [-0.39, 0.29) is 0 Å². The first-order valence-electron chi connectivity index (χ1n) is 5.51.